The lowest BCUT2D eigenvalue weighted by Crippen LogP contribution is -2.41. The molecule has 3 nitrogen and oxygen atoms in total. The third-order valence-corrected chi connectivity index (χ3v) is 4.44. The number of nitrogens with zero attached hydrogens (tertiary/aromatic N) is 1. The highest BCUT2D eigenvalue weighted by Crippen LogP contribution is 2.16. The van der Waals surface area contributed by atoms with Gasteiger partial charge in [-0.2, -0.15) is 0 Å². The van der Waals surface area contributed by atoms with Gasteiger partial charge in [-0.25, -0.2) is 0 Å². The van der Waals surface area contributed by atoms with E-state index in [1.54, 1.807) is 11.9 Å². The van der Waals surface area contributed by atoms with Gasteiger partial charge in [0.15, 0.2) is 0 Å². The van der Waals surface area contributed by atoms with E-state index in [0.717, 1.165) is 9.13 Å². The average Bonchev–Trinajstić information content (AvgIpc) is 2.53. The van der Waals surface area contributed by atoms with E-state index in [-0.39, 0.29) is 18.6 Å². The summed E-state index contributed by atoms with van der Waals surface area (Å²) in [6.45, 7) is -0.0550. The largest absolute Gasteiger partial charge is 0.394 e. The predicted octanol–water partition coefficient (Wildman–Crippen LogP) is 2.97. The van der Waals surface area contributed by atoms with Crippen molar-refractivity contribution in [3.63, 3.8) is 0 Å². The molecule has 2 aromatic carbocycles. The van der Waals surface area contributed by atoms with E-state index >= 15 is 0 Å². The molecular formula is C17H18INO2. The molecule has 2 rings (SSSR count). The zero-order chi connectivity index (χ0) is 15.2. The molecule has 0 heterocycles. The highest BCUT2D eigenvalue weighted by Gasteiger charge is 2.22. The average molecular weight is 395 g/mol. The maximum absolute atomic E-state index is 12.6. The molecule has 1 atom stereocenters. The number of amides is 1. The van der Waals surface area contributed by atoms with Crippen LogP contribution < -0.4 is 0 Å². The molecular weight excluding hydrogens is 377 g/mol. The van der Waals surface area contributed by atoms with Gasteiger partial charge < -0.3 is 10.0 Å². The van der Waals surface area contributed by atoms with Gasteiger partial charge in [-0.3, -0.25) is 4.79 Å². The van der Waals surface area contributed by atoms with Crippen molar-refractivity contribution >= 4 is 28.5 Å². The Balaban J connectivity index is 2.15. The van der Waals surface area contributed by atoms with Gasteiger partial charge in [0.25, 0.3) is 5.91 Å². The minimum Gasteiger partial charge on any atom is -0.394 e. The zero-order valence-electron chi connectivity index (χ0n) is 11.9. The first-order valence-corrected chi connectivity index (χ1v) is 7.88. The Kier molecular flexibility index (Phi) is 5.76. The van der Waals surface area contributed by atoms with Crippen LogP contribution in [0.2, 0.25) is 0 Å². The number of hydrogen-bond acceptors (Lipinski definition) is 2. The van der Waals surface area contributed by atoms with E-state index in [0.29, 0.717) is 12.0 Å². The molecule has 0 saturated heterocycles. The van der Waals surface area contributed by atoms with Gasteiger partial charge in [-0.15, -0.1) is 0 Å². The molecule has 2 aromatic rings. The van der Waals surface area contributed by atoms with Crippen LogP contribution in [0.4, 0.5) is 0 Å². The molecule has 0 spiro atoms. The van der Waals surface area contributed by atoms with Crippen LogP contribution in [0.15, 0.2) is 54.6 Å². The van der Waals surface area contributed by atoms with E-state index in [4.69, 9.17) is 0 Å². The molecule has 1 amide bonds. The third-order valence-electron chi connectivity index (χ3n) is 3.50. The van der Waals surface area contributed by atoms with Crippen LogP contribution in [0, 0.1) is 3.57 Å². The first kappa shape index (κ1) is 16.0. The topological polar surface area (TPSA) is 40.5 Å². The SMILES string of the molecule is CN(C(=O)c1ccccc1I)C(CO)Cc1ccccc1. The summed E-state index contributed by atoms with van der Waals surface area (Å²) >= 11 is 2.16. The first-order valence-electron chi connectivity index (χ1n) is 6.80. The summed E-state index contributed by atoms with van der Waals surface area (Å²) in [5, 5.41) is 9.63. The van der Waals surface area contributed by atoms with Crippen molar-refractivity contribution in [2.24, 2.45) is 0 Å². The van der Waals surface area contributed by atoms with E-state index in [2.05, 4.69) is 22.6 Å². The molecule has 4 heteroatoms. The molecule has 0 saturated carbocycles. The quantitative estimate of drug-likeness (QED) is 0.791. The number of aliphatic hydroxyl groups excluding tert-OH is 1. The minimum absolute atomic E-state index is 0.0550. The lowest BCUT2D eigenvalue weighted by molar-refractivity contribution is 0.0659. The van der Waals surface area contributed by atoms with Gasteiger partial charge in [-0.1, -0.05) is 42.5 Å². The summed E-state index contributed by atoms with van der Waals surface area (Å²) in [5.41, 5.74) is 1.78. The number of hydrogen-bond donors (Lipinski definition) is 1. The van der Waals surface area contributed by atoms with E-state index in [1.165, 1.54) is 0 Å². The van der Waals surface area contributed by atoms with Crippen LogP contribution in [0.5, 0.6) is 0 Å². The number of benzene rings is 2. The van der Waals surface area contributed by atoms with E-state index in [1.807, 2.05) is 54.6 Å². The van der Waals surface area contributed by atoms with Crippen molar-refractivity contribution < 1.29 is 9.90 Å². The van der Waals surface area contributed by atoms with Gasteiger partial charge in [-0.05, 0) is 46.7 Å². The molecule has 21 heavy (non-hydrogen) atoms. The Morgan fingerprint density at radius 1 is 1.14 bits per heavy atom. The molecule has 0 aliphatic rings. The predicted molar refractivity (Wildman–Crippen MR) is 92.3 cm³/mol. The highest BCUT2D eigenvalue weighted by molar-refractivity contribution is 14.1. The van der Waals surface area contributed by atoms with Crippen LogP contribution in [-0.4, -0.2) is 35.6 Å². The van der Waals surface area contributed by atoms with Crippen LogP contribution in [0.25, 0.3) is 0 Å². The Hall–Kier alpha value is -1.40. The van der Waals surface area contributed by atoms with Gasteiger partial charge in [0.05, 0.1) is 18.2 Å². The van der Waals surface area contributed by atoms with Crippen LogP contribution >= 0.6 is 22.6 Å². The highest BCUT2D eigenvalue weighted by atomic mass is 127. The van der Waals surface area contributed by atoms with E-state index < -0.39 is 0 Å². The van der Waals surface area contributed by atoms with Gasteiger partial charge >= 0.3 is 0 Å². The van der Waals surface area contributed by atoms with Crippen LogP contribution in [0.1, 0.15) is 15.9 Å². The lowest BCUT2D eigenvalue weighted by atomic mass is 10.0. The molecule has 0 aliphatic heterocycles. The zero-order valence-corrected chi connectivity index (χ0v) is 14.0. The monoisotopic (exact) mass is 395 g/mol. The first-order chi connectivity index (χ1) is 10.1. The maximum atomic E-state index is 12.6. The Labute approximate surface area is 138 Å². The standard InChI is InChI=1S/C17H18INO2/c1-19(17(21)15-9-5-6-10-16(15)18)14(12-20)11-13-7-3-2-4-8-13/h2-10,14,20H,11-12H2,1H3. The molecule has 0 aliphatic carbocycles. The number of carbonyl (C=O) groups excluding carboxylic acids is 1. The summed E-state index contributed by atoms with van der Waals surface area (Å²) in [7, 11) is 1.75. The van der Waals surface area contributed by atoms with Crippen molar-refractivity contribution in [3.8, 4) is 0 Å². The van der Waals surface area contributed by atoms with Crippen molar-refractivity contribution in [2.75, 3.05) is 13.7 Å². The molecule has 0 aromatic heterocycles. The lowest BCUT2D eigenvalue weighted by Gasteiger charge is -2.27. The van der Waals surface area contributed by atoms with Crippen molar-refractivity contribution in [1.29, 1.82) is 0 Å². The maximum Gasteiger partial charge on any atom is 0.255 e. The van der Waals surface area contributed by atoms with Crippen molar-refractivity contribution in [3.05, 3.63) is 69.3 Å². The smallest absolute Gasteiger partial charge is 0.255 e. The van der Waals surface area contributed by atoms with Gasteiger partial charge in [0.1, 0.15) is 0 Å². The Morgan fingerprint density at radius 2 is 1.76 bits per heavy atom. The van der Waals surface area contributed by atoms with Gasteiger partial charge in [0.2, 0.25) is 0 Å². The fraction of sp³-hybridized carbons (Fsp3) is 0.235. The Morgan fingerprint density at radius 3 is 2.38 bits per heavy atom. The fourth-order valence-electron chi connectivity index (χ4n) is 2.20. The second-order valence-electron chi connectivity index (χ2n) is 4.92. The van der Waals surface area contributed by atoms with Crippen molar-refractivity contribution in [1.82, 2.24) is 4.90 Å². The van der Waals surface area contributed by atoms with Gasteiger partial charge in [0, 0.05) is 10.6 Å². The summed E-state index contributed by atoms with van der Waals surface area (Å²) in [6.07, 6.45) is 0.642. The number of aliphatic hydroxyl groups is 1. The minimum atomic E-state index is -0.226. The normalized spacial score (nSPS) is 12.0. The summed E-state index contributed by atoms with van der Waals surface area (Å²) < 4.78 is 0.920. The second kappa shape index (κ2) is 7.56. The van der Waals surface area contributed by atoms with Crippen LogP contribution in [-0.2, 0) is 6.42 Å². The molecule has 1 N–H and O–H groups in total. The second-order valence-corrected chi connectivity index (χ2v) is 6.08. The third kappa shape index (κ3) is 4.04. The molecule has 0 fully saturated rings. The molecule has 1 unspecified atom stereocenters. The number of rotatable bonds is 5. The van der Waals surface area contributed by atoms with Crippen molar-refractivity contribution in [2.45, 2.75) is 12.5 Å². The summed E-state index contributed by atoms with van der Waals surface area (Å²) in [5.74, 6) is -0.0602. The molecule has 0 bridgehead atoms. The molecule has 110 valence electrons. The number of likely N-dealkylation sites (N-methyl/N-ethyl adjacent to an activating group) is 1. The summed E-state index contributed by atoms with van der Waals surface area (Å²) in [4.78, 5) is 14.2. The summed E-state index contributed by atoms with van der Waals surface area (Å²) in [6, 6.07) is 17.2. The van der Waals surface area contributed by atoms with Crippen LogP contribution in [0.3, 0.4) is 0 Å². The molecule has 0 radical (unpaired) electrons. The number of halogens is 1. The Bertz CT molecular complexity index is 601. The van der Waals surface area contributed by atoms with E-state index in [9.17, 15) is 9.90 Å². The number of carbonyl (C=O) groups is 1. The fourth-order valence-corrected chi connectivity index (χ4v) is 2.82.